The minimum Gasteiger partial charge on any atom is -0.480 e. The Balaban J connectivity index is 1.62. The second-order valence-electron chi connectivity index (χ2n) is 7.78. The van der Waals surface area contributed by atoms with E-state index in [0.29, 0.717) is 0 Å². The van der Waals surface area contributed by atoms with Crippen LogP contribution in [0.5, 0.6) is 0 Å². The molecular weight excluding hydrogens is 456 g/mol. The Labute approximate surface area is 201 Å². The zero-order chi connectivity index (χ0) is 25.2. The number of aliphatic carboxylic acids is 1. The smallest absolute Gasteiger partial charge is 0.437 e. The lowest BCUT2D eigenvalue weighted by atomic mass is 9.86. The second-order valence-corrected chi connectivity index (χ2v) is 7.78. The summed E-state index contributed by atoms with van der Waals surface area (Å²) in [6.07, 6.45) is -1.43. The summed E-state index contributed by atoms with van der Waals surface area (Å²) >= 11 is 0. The number of hydrogen-bond donors (Lipinski definition) is 3. The van der Waals surface area contributed by atoms with Crippen LogP contribution in [-0.2, 0) is 32.3 Å². The molecule has 3 amide bonds. The summed E-state index contributed by atoms with van der Waals surface area (Å²) in [6, 6.07) is 16.9. The van der Waals surface area contributed by atoms with Crippen molar-refractivity contribution >= 4 is 30.0 Å². The number of nitrogens with one attached hydrogen (secondary N) is 1. The molecule has 0 spiro atoms. The summed E-state index contributed by atoms with van der Waals surface area (Å²) in [6.45, 7) is -0.110. The first-order valence-corrected chi connectivity index (χ1v) is 10.9. The van der Waals surface area contributed by atoms with Crippen LogP contribution in [0.1, 0.15) is 24.0 Å². The van der Waals surface area contributed by atoms with Crippen LogP contribution in [0.15, 0.2) is 65.7 Å². The molecule has 3 rings (SSSR count). The van der Waals surface area contributed by atoms with Gasteiger partial charge in [-0.15, -0.1) is 4.99 Å². The van der Waals surface area contributed by atoms with Crippen LogP contribution in [0.3, 0.4) is 0 Å². The molecule has 1 aliphatic heterocycles. The molecule has 0 aromatic heterocycles. The second kappa shape index (κ2) is 12.2. The monoisotopic (exact) mass is 482 g/mol. The summed E-state index contributed by atoms with van der Waals surface area (Å²) < 4.78 is 10.4. The van der Waals surface area contributed by atoms with Crippen molar-refractivity contribution in [1.29, 1.82) is 0 Å². The number of amides is 3. The van der Waals surface area contributed by atoms with Gasteiger partial charge in [-0.1, -0.05) is 60.7 Å². The third kappa shape index (κ3) is 7.29. The number of benzene rings is 2. The number of β-lactam (4-membered cyclic amide) rings is 1. The van der Waals surface area contributed by atoms with Crippen molar-refractivity contribution in [3.05, 3.63) is 71.8 Å². The van der Waals surface area contributed by atoms with Gasteiger partial charge in [-0.25, -0.2) is 19.3 Å². The number of rotatable bonds is 9. The van der Waals surface area contributed by atoms with E-state index in [1.807, 2.05) is 12.1 Å². The Kier molecular flexibility index (Phi) is 8.76. The van der Waals surface area contributed by atoms with Gasteiger partial charge in [0.25, 0.3) is 0 Å². The highest BCUT2D eigenvalue weighted by molar-refractivity contribution is 5.98. The maximum atomic E-state index is 12.7. The third-order valence-corrected chi connectivity index (χ3v) is 5.31. The molecule has 2 aromatic rings. The fourth-order valence-corrected chi connectivity index (χ4v) is 3.42. The minimum atomic E-state index is -1.13. The molecule has 0 bridgehead atoms. The summed E-state index contributed by atoms with van der Waals surface area (Å²) in [5.41, 5.74) is 7.42. The van der Waals surface area contributed by atoms with Gasteiger partial charge in [-0.2, -0.15) is 0 Å². The minimum absolute atomic E-state index is 0.0255. The van der Waals surface area contributed by atoms with Gasteiger partial charge < -0.3 is 25.6 Å². The van der Waals surface area contributed by atoms with E-state index < -0.39 is 36.1 Å². The first-order valence-electron chi connectivity index (χ1n) is 10.9. The predicted molar refractivity (Wildman–Crippen MR) is 124 cm³/mol. The molecule has 1 saturated heterocycles. The van der Waals surface area contributed by atoms with Gasteiger partial charge in [0.05, 0.1) is 5.92 Å². The van der Waals surface area contributed by atoms with Crippen molar-refractivity contribution in [2.45, 2.75) is 32.1 Å². The van der Waals surface area contributed by atoms with Gasteiger partial charge >= 0.3 is 18.2 Å². The number of nitrogens with two attached hydrogens (primary N) is 1. The highest BCUT2D eigenvalue weighted by atomic mass is 16.6. The van der Waals surface area contributed by atoms with Gasteiger partial charge in [0.1, 0.15) is 19.3 Å². The number of carboxylic acid groups (broad SMARTS) is 1. The molecular formula is C24H26N4O7. The molecule has 4 N–H and O–H groups in total. The van der Waals surface area contributed by atoms with Crippen molar-refractivity contribution in [2.24, 2.45) is 16.6 Å². The molecule has 2 aromatic carbocycles. The van der Waals surface area contributed by atoms with E-state index in [9.17, 15) is 19.2 Å². The van der Waals surface area contributed by atoms with Crippen molar-refractivity contribution in [2.75, 3.05) is 6.54 Å². The zero-order valence-electron chi connectivity index (χ0n) is 18.8. The first kappa shape index (κ1) is 25.2. The van der Waals surface area contributed by atoms with Crippen LogP contribution in [0.4, 0.5) is 9.59 Å². The number of carboxylic acids is 1. The number of nitrogens with zero attached hydrogens (tertiary/aromatic N) is 2. The molecule has 0 saturated carbocycles. The zero-order valence-corrected chi connectivity index (χ0v) is 18.8. The Morgan fingerprint density at radius 3 is 2.09 bits per heavy atom. The number of carbonyl (C=O) groups is 4. The van der Waals surface area contributed by atoms with Crippen molar-refractivity contribution in [3.8, 4) is 0 Å². The van der Waals surface area contributed by atoms with Crippen LogP contribution in [0.25, 0.3) is 0 Å². The lowest BCUT2D eigenvalue weighted by Gasteiger charge is -2.33. The van der Waals surface area contributed by atoms with E-state index >= 15 is 0 Å². The van der Waals surface area contributed by atoms with Gasteiger partial charge in [0, 0.05) is 6.54 Å². The largest absolute Gasteiger partial charge is 0.480 e. The van der Waals surface area contributed by atoms with E-state index in [2.05, 4.69) is 10.3 Å². The summed E-state index contributed by atoms with van der Waals surface area (Å²) in [4.78, 5) is 52.3. The quantitative estimate of drug-likeness (QED) is 0.279. The molecule has 184 valence electrons. The molecule has 0 radical (unpaired) electrons. The first-order chi connectivity index (χ1) is 16.8. The number of hydrogen-bond acceptors (Lipinski definition) is 6. The standard InChI is InChI=1S/C24H26N4O7/c25-22(27-23(32)34-14-16-8-3-1-4-9-16)28(24(33)35-15-17-10-5-2-6-11-17)13-7-12-18-19(21(30)31)26-20(18)29/h1-6,8-11,18-19H,7,12-15H2,(H,26,29)(H,30,31)(H2,25,27,32). The molecule has 11 nitrogen and oxygen atoms in total. The molecule has 35 heavy (non-hydrogen) atoms. The highest BCUT2D eigenvalue weighted by Gasteiger charge is 2.43. The molecule has 2 unspecified atom stereocenters. The van der Waals surface area contributed by atoms with E-state index in [1.165, 1.54) is 0 Å². The Morgan fingerprint density at radius 2 is 1.54 bits per heavy atom. The highest BCUT2D eigenvalue weighted by Crippen LogP contribution is 2.21. The maximum Gasteiger partial charge on any atom is 0.437 e. The summed E-state index contributed by atoms with van der Waals surface area (Å²) in [5.74, 6) is -2.66. The van der Waals surface area contributed by atoms with E-state index in [-0.39, 0.29) is 38.5 Å². The fraction of sp³-hybridized carbons (Fsp3) is 0.292. The summed E-state index contributed by atoms with van der Waals surface area (Å²) in [7, 11) is 0. The Hall–Kier alpha value is -4.41. The lowest BCUT2D eigenvalue weighted by Crippen LogP contribution is -2.61. The van der Waals surface area contributed by atoms with Gasteiger partial charge in [0.2, 0.25) is 11.9 Å². The number of carbonyl (C=O) groups excluding carboxylic acids is 3. The Morgan fingerprint density at radius 1 is 0.971 bits per heavy atom. The third-order valence-electron chi connectivity index (χ3n) is 5.31. The SMILES string of the molecule is NC(=NC(=O)OCc1ccccc1)N(CCCC1C(=O)NC1C(=O)O)C(=O)OCc1ccccc1. The van der Waals surface area contributed by atoms with E-state index in [4.69, 9.17) is 20.3 Å². The fourth-order valence-electron chi connectivity index (χ4n) is 3.42. The number of ether oxygens (including phenoxy) is 2. The van der Waals surface area contributed by atoms with Gasteiger partial charge in [-0.3, -0.25) is 4.79 Å². The number of aliphatic imine (C=N–C) groups is 1. The van der Waals surface area contributed by atoms with Gasteiger partial charge in [0.15, 0.2) is 0 Å². The van der Waals surface area contributed by atoms with Crippen molar-refractivity contribution < 1.29 is 33.8 Å². The molecule has 1 heterocycles. The van der Waals surface area contributed by atoms with Crippen LogP contribution < -0.4 is 11.1 Å². The predicted octanol–water partition coefficient (Wildman–Crippen LogP) is 2.26. The van der Waals surface area contributed by atoms with Crippen LogP contribution in [0.2, 0.25) is 0 Å². The van der Waals surface area contributed by atoms with Crippen LogP contribution >= 0.6 is 0 Å². The Bertz CT molecular complexity index is 1080. The van der Waals surface area contributed by atoms with Crippen LogP contribution in [0, 0.1) is 5.92 Å². The normalized spacial score (nSPS) is 17.0. The lowest BCUT2D eigenvalue weighted by molar-refractivity contribution is -0.153. The molecule has 0 aliphatic carbocycles. The van der Waals surface area contributed by atoms with Crippen molar-refractivity contribution in [3.63, 3.8) is 0 Å². The van der Waals surface area contributed by atoms with Crippen LogP contribution in [-0.4, -0.2) is 52.6 Å². The average Bonchev–Trinajstić information content (AvgIpc) is 2.85. The topological polar surface area (TPSA) is 161 Å². The average molecular weight is 482 g/mol. The molecule has 1 fully saturated rings. The molecule has 1 aliphatic rings. The van der Waals surface area contributed by atoms with E-state index in [1.54, 1.807) is 48.5 Å². The summed E-state index contributed by atoms with van der Waals surface area (Å²) in [5, 5.41) is 11.4. The maximum absolute atomic E-state index is 12.7. The molecule has 11 heteroatoms. The molecule has 2 atom stereocenters. The number of guanidine groups is 1. The van der Waals surface area contributed by atoms with E-state index in [0.717, 1.165) is 16.0 Å². The van der Waals surface area contributed by atoms with Crippen molar-refractivity contribution in [1.82, 2.24) is 10.2 Å². The van der Waals surface area contributed by atoms with Gasteiger partial charge in [-0.05, 0) is 24.0 Å².